The Labute approximate surface area is 156 Å². The molecule has 0 bridgehead atoms. The molecule has 1 amide bonds. The second-order valence-electron chi connectivity index (χ2n) is 7.56. The van der Waals surface area contributed by atoms with Crippen LogP contribution in [-0.2, 0) is 16.1 Å². The molecular formula is C20H30N2O4. The predicted molar refractivity (Wildman–Crippen MR) is 99.5 cm³/mol. The number of likely N-dealkylation sites (N-methyl/N-ethyl adjacent to an activating group) is 1. The zero-order valence-electron chi connectivity index (χ0n) is 16.2. The standard InChI is InChI=1S/C20H30N2O4/c1-14(2)26-18-6-5-15(9-19(18)24-4)10-22-8-7-17-16(12-22)11-21(3)20(23)13-25-17/h5-6,9,14,16-17H,7-8,10-13H2,1-4H3/t16-,17-/m0/s1. The fraction of sp³-hybridized carbons (Fsp3) is 0.650. The van der Waals surface area contributed by atoms with Gasteiger partial charge in [-0.25, -0.2) is 0 Å². The van der Waals surface area contributed by atoms with E-state index in [1.807, 2.05) is 27.0 Å². The van der Waals surface area contributed by atoms with Gasteiger partial charge in [0.2, 0.25) is 5.91 Å². The van der Waals surface area contributed by atoms with E-state index >= 15 is 0 Å². The van der Waals surface area contributed by atoms with Gasteiger partial charge in [-0.3, -0.25) is 9.69 Å². The fourth-order valence-electron chi connectivity index (χ4n) is 3.79. The first-order valence-corrected chi connectivity index (χ1v) is 9.37. The molecule has 6 heteroatoms. The van der Waals surface area contributed by atoms with Gasteiger partial charge in [0, 0.05) is 39.1 Å². The van der Waals surface area contributed by atoms with Gasteiger partial charge in [0.05, 0.1) is 19.3 Å². The molecule has 144 valence electrons. The summed E-state index contributed by atoms with van der Waals surface area (Å²) < 4.78 is 17.1. The van der Waals surface area contributed by atoms with Crippen LogP contribution in [0.3, 0.4) is 0 Å². The normalized spacial score (nSPS) is 24.3. The Hall–Kier alpha value is -1.79. The number of nitrogens with zero attached hydrogens (tertiary/aromatic N) is 2. The first-order valence-electron chi connectivity index (χ1n) is 9.37. The molecular weight excluding hydrogens is 332 g/mol. The molecule has 2 heterocycles. The molecule has 1 aromatic carbocycles. The summed E-state index contributed by atoms with van der Waals surface area (Å²) in [4.78, 5) is 16.1. The highest BCUT2D eigenvalue weighted by Crippen LogP contribution is 2.30. The molecule has 2 saturated heterocycles. The summed E-state index contributed by atoms with van der Waals surface area (Å²) >= 11 is 0. The van der Waals surface area contributed by atoms with Crippen LogP contribution in [0.15, 0.2) is 18.2 Å². The van der Waals surface area contributed by atoms with Crippen LogP contribution in [0.5, 0.6) is 11.5 Å². The van der Waals surface area contributed by atoms with Gasteiger partial charge < -0.3 is 19.1 Å². The molecule has 0 radical (unpaired) electrons. The van der Waals surface area contributed by atoms with Crippen LogP contribution in [0.1, 0.15) is 25.8 Å². The largest absolute Gasteiger partial charge is 0.493 e. The predicted octanol–water partition coefficient (Wildman–Crippen LogP) is 2.16. The zero-order valence-corrected chi connectivity index (χ0v) is 16.2. The van der Waals surface area contributed by atoms with Crippen LogP contribution in [0.2, 0.25) is 0 Å². The number of ether oxygens (including phenoxy) is 3. The molecule has 2 fully saturated rings. The Balaban J connectivity index is 1.65. The van der Waals surface area contributed by atoms with Crippen LogP contribution in [0.25, 0.3) is 0 Å². The molecule has 0 spiro atoms. The van der Waals surface area contributed by atoms with Crippen LogP contribution < -0.4 is 9.47 Å². The monoisotopic (exact) mass is 362 g/mol. The summed E-state index contributed by atoms with van der Waals surface area (Å²) in [6, 6.07) is 6.15. The molecule has 26 heavy (non-hydrogen) atoms. The molecule has 6 nitrogen and oxygen atoms in total. The molecule has 2 atom stereocenters. The summed E-state index contributed by atoms with van der Waals surface area (Å²) in [5, 5.41) is 0. The maximum Gasteiger partial charge on any atom is 0.248 e. The van der Waals surface area contributed by atoms with Crippen LogP contribution in [0, 0.1) is 5.92 Å². The van der Waals surface area contributed by atoms with Crippen molar-refractivity contribution in [2.24, 2.45) is 5.92 Å². The third-order valence-corrected chi connectivity index (χ3v) is 5.10. The number of carbonyl (C=O) groups is 1. The van der Waals surface area contributed by atoms with Gasteiger partial charge in [0.25, 0.3) is 0 Å². The average Bonchev–Trinajstić information content (AvgIpc) is 2.74. The van der Waals surface area contributed by atoms with Crippen LogP contribution in [-0.4, -0.2) is 68.3 Å². The number of benzene rings is 1. The van der Waals surface area contributed by atoms with Gasteiger partial charge in [0.1, 0.15) is 6.61 Å². The Morgan fingerprint density at radius 3 is 2.81 bits per heavy atom. The smallest absolute Gasteiger partial charge is 0.248 e. The van der Waals surface area contributed by atoms with Crippen molar-refractivity contribution in [1.29, 1.82) is 0 Å². The summed E-state index contributed by atoms with van der Waals surface area (Å²) in [5.74, 6) is 2.00. The van der Waals surface area contributed by atoms with Crippen LogP contribution >= 0.6 is 0 Å². The maximum atomic E-state index is 11.9. The van der Waals surface area contributed by atoms with E-state index in [0.717, 1.165) is 44.1 Å². The van der Waals surface area contributed by atoms with Crippen molar-refractivity contribution in [3.63, 3.8) is 0 Å². The van der Waals surface area contributed by atoms with Gasteiger partial charge in [0.15, 0.2) is 11.5 Å². The molecule has 1 aromatic rings. The van der Waals surface area contributed by atoms with E-state index in [-0.39, 0.29) is 24.7 Å². The first kappa shape index (κ1) is 19.0. The molecule has 0 aliphatic carbocycles. The van der Waals surface area contributed by atoms with Gasteiger partial charge in [-0.05, 0) is 38.0 Å². The third kappa shape index (κ3) is 4.48. The molecule has 0 aromatic heterocycles. The lowest BCUT2D eigenvalue weighted by atomic mass is 9.94. The second kappa shape index (κ2) is 8.27. The quantitative estimate of drug-likeness (QED) is 0.803. The number of fused-ring (bicyclic) bond motifs is 1. The fourth-order valence-corrected chi connectivity index (χ4v) is 3.79. The van der Waals surface area contributed by atoms with E-state index in [0.29, 0.717) is 5.92 Å². The minimum atomic E-state index is 0.0800. The number of methoxy groups -OCH3 is 1. The van der Waals surface area contributed by atoms with Crippen molar-refractivity contribution < 1.29 is 19.0 Å². The van der Waals surface area contributed by atoms with Gasteiger partial charge in [-0.1, -0.05) is 6.07 Å². The number of hydrogen-bond donors (Lipinski definition) is 0. The Morgan fingerprint density at radius 1 is 1.27 bits per heavy atom. The summed E-state index contributed by atoms with van der Waals surface area (Å²) in [6.07, 6.45) is 1.28. The van der Waals surface area contributed by atoms with Crippen molar-refractivity contribution in [3.05, 3.63) is 23.8 Å². The van der Waals surface area contributed by atoms with E-state index in [1.54, 1.807) is 12.0 Å². The van der Waals surface area contributed by atoms with Crippen LogP contribution in [0.4, 0.5) is 0 Å². The number of rotatable bonds is 5. The topological polar surface area (TPSA) is 51.2 Å². The van der Waals surface area contributed by atoms with Crippen molar-refractivity contribution in [2.75, 3.05) is 40.4 Å². The number of amides is 1. The number of carbonyl (C=O) groups excluding carboxylic acids is 1. The Bertz CT molecular complexity index is 634. The zero-order chi connectivity index (χ0) is 18.7. The molecule has 2 aliphatic rings. The van der Waals surface area contributed by atoms with Crippen molar-refractivity contribution in [3.8, 4) is 11.5 Å². The van der Waals surface area contributed by atoms with Gasteiger partial charge in [-0.2, -0.15) is 0 Å². The van der Waals surface area contributed by atoms with Crippen molar-refractivity contribution in [1.82, 2.24) is 9.80 Å². The van der Waals surface area contributed by atoms with E-state index in [1.165, 1.54) is 5.56 Å². The van der Waals surface area contributed by atoms with Crippen molar-refractivity contribution in [2.45, 2.75) is 39.0 Å². The Kier molecular flexibility index (Phi) is 6.04. The van der Waals surface area contributed by atoms with E-state index in [9.17, 15) is 4.79 Å². The average molecular weight is 362 g/mol. The number of hydrogen-bond acceptors (Lipinski definition) is 5. The Morgan fingerprint density at radius 2 is 2.08 bits per heavy atom. The van der Waals surface area contributed by atoms with E-state index in [4.69, 9.17) is 14.2 Å². The highest BCUT2D eigenvalue weighted by molar-refractivity contribution is 5.77. The summed E-state index contributed by atoms with van der Waals surface area (Å²) in [7, 11) is 3.54. The molecule has 2 aliphatic heterocycles. The van der Waals surface area contributed by atoms with E-state index in [2.05, 4.69) is 17.0 Å². The van der Waals surface area contributed by atoms with E-state index < -0.39 is 0 Å². The first-order chi connectivity index (χ1) is 12.5. The SMILES string of the molecule is COc1cc(CN2CC[C@@H]3OCC(=O)N(C)C[C@H]3C2)ccc1OC(C)C. The highest BCUT2D eigenvalue weighted by Gasteiger charge is 2.34. The van der Waals surface area contributed by atoms with Gasteiger partial charge >= 0.3 is 0 Å². The van der Waals surface area contributed by atoms with Gasteiger partial charge in [-0.15, -0.1) is 0 Å². The van der Waals surface area contributed by atoms with Crippen molar-refractivity contribution >= 4 is 5.91 Å². The number of piperidine rings is 1. The number of likely N-dealkylation sites (tertiary alicyclic amines) is 1. The molecule has 0 unspecified atom stereocenters. The summed E-state index contributed by atoms with van der Waals surface area (Å²) in [6.45, 7) is 7.78. The minimum Gasteiger partial charge on any atom is -0.493 e. The molecule has 3 rings (SSSR count). The third-order valence-electron chi connectivity index (χ3n) is 5.10. The maximum absolute atomic E-state index is 11.9. The molecule has 0 saturated carbocycles. The minimum absolute atomic E-state index is 0.0800. The summed E-state index contributed by atoms with van der Waals surface area (Å²) in [5.41, 5.74) is 1.20. The lowest BCUT2D eigenvalue weighted by Crippen LogP contribution is -2.46. The molecule has 0 N–H and O–H groups in total. The lowest BCUT2D eigenvalue weighted by molar-refractivity contribution is -0.133. The second-order valence-corrected chi connectivity index (χ2v) is 7.56. The highest BCUT2D eigenvalue weighted by atomic mass is 16.5. The lowest BCUT2D eigenvalue weighted by Gasteiger charge is -2.37.